The predicted molar refractivity (Wildman–Crippen MR) is 73.2 cm³/mol. The zero-order chi connectivity index (χ0) is 13.4. The van der Waals surface area contributed by atoms with Crippen LogP contribution in [-0.4, -0.2) is 31.7 Å². The van der Waals surface area contributed by atoms with Gasteiger partial charge in [-0.3, -0.25) is 4.79 Å². The Morgan fingerprint density at radius 3 is 2.83 bits per heavy atom. The molecule has 0 spiro atoms. The van der Waals surface area contributed by atoms with E-state index in [1.54, 1.807) is 0 Å². The van der Waals surface area contributed by atoms with E-state index in [1.807, 2.05) is 6.92 Å². The first kappa shape index (κ1) is 15.4. The van der Waals surface area contributed by atoms with Crippen molar-refractivity contribution in [1.29, 1.82) is 0 Å². The molecule has 18 heavy (non-hydrogen) atoms. The van der Waals surface area contributed by atoms with Gasteiger partial charge >= 0.3 is 0 Å². The molecule has 106 valence electrons. The number of hydrogen-bond acceptors (Lipinski definition) is 3. The molecule has 0 aliphatic heterocycles. The fraction of sp³-hybridized carbons (Fsp3) is 0.929. The highest BCUT2D eigenvalue weighted by Crippen LogP contribution is 2.32. The standard InChI is InChI=1S/C14H28N2O2/c1-3-18-13-7-12(8-13)9-14(17)16-6-4-5-11(2)10-15/h11-13H,3-10,15H2,1-2H3,(H,16,17). The monoisotopic (exact) mass is 256 g/mol. The Hall–Kier alpha value is -0.610. The van der Waals surface area contributed by atoms with Crippen LogP contribution in [0.2, 0.25) is 0 Å². The number of hydrogen-bond donors (Lipinski definition) is 2. The molecule has 0 radical (unpaired) electrons. The van der Waals surface area contributed by atoms with Crippen molar-refractivity contribution in [3.05, 3.63) is 0 Å². The molecule has 0 heterocycles. The van der Waals surface area contributed by atoms with Crippen LogP contribution in [0.4, 0.5) is 0 Å². The lowest BCUT2D eigenvalue weighted by molar-refractivity contribution is -0.124. The molecule has 0 aromatic rings. The first-order valence-electron chi connectivity index (χ1n) is 7.24. The Labute approximate surface area is 111 Å². The van der Waals surface area contributed by atoms with Crippen LogP contribution in [0.3, 0.4) is 0 Å². The van der Waals surface area contributed by atoms with Crippen LogP contribution in [-0.2, 0) is 9.53 Å². The minimum Gasteiger partial charge on any atom is -0.378 e. The van der Waals surface area contributed by atoms with Gasteiger partial charge < -0.3 is 15.8 Å². The normalized spacial score (nSPS) is 24.4. The van der Waals surface area contributed by atoms with E-state index >= 15 is 0 Å². The van der Waals surface area contributed by atoms with Gasteiger partial charge in [0.2, 0.25) is 5.91 Å². The predicted octanol–water partition coefficient (Wildman–Crippen LogP) is 1.68. The Bertz CT molecular complexity index is 240. The number of carbonyl (C=O) groups excluding carboxylic acids is 1. The van der Waals surface area contributed by atoms with Gasteiger partial charge in [-0.2, -0.15) is 0 Å². The molecule has 1 aliphatic carbocycles. The lowest BCUT2D eigenvalue weighted by Crippen LogP contribution is -2.36. The third-order valence-corrected chi connectivity index (χ3v) is 3.67. The van der Waals surface area contributed by atoms with Gasteiger partial charge in [-0.1, -0.05) is 6.92 Å². The molecular formula is C14H28N2O2. The molecule has 0 aromatic carbocycles. The Balaban J connectivity index is 1.95. The van der Waals surface area contributed by atoms with Crippen molar-refractivity contribution in [2.45, 2.75) is 52.1 Å². The molecule has 3 N–H and O–H groups in total. The van der Waals surface area contributed by atoms with Crippen molar-refractivity contribution in [3.8, 4) is 0 Å². The SMILES string of the molecule is CCOC1CC(CC(=O)NCCCC(C)CN)C1. The molecule has 1 saturated carbocycles. The summed E-state index contributed by atoms with van der Waals surface area (Å²) in [6.45, 7) is 6.45. The van der Waals surface area contributed by atoms with E-state index in [9.17, 15) is 4.79 Å². The minimum atomic E-state index is 0.190. The van der Waals surface area contributed by atoms with Crippen LogP contribution in [0, 0.1) is 11.8 Å². The van der Waals surface area contributed by atoms with Crippen molar-refractivity contribution in [3.63, 3.8) is 0 Å². The molecule has 1 amide bonds. The summed E-state index contributed by atoms with van der Waals surface area (Å²) >= 11 is 0. The highest BCUT2D eigenvalue weighted by atomic mass is 16.5. The fourth-order valence-corrected chi connectivity index (χ4v) is 2.34. The van der Waals surface area contributed by atoms with E-state index in [4.69, 9.17) is 10.5 Å². The lowest BCUT2D eigenvalue weighted by atomic mass is 9.80. The molecular weight excluding hydrogens is 228 g/mol. The van der Waals surface area contributed by atoms with Crippen LogP contribution in [0.1, 0.15) is 46.0 Å². The van der Waals surface area contributed by atoms with Crippen molar-refractivity contribution in [2.75, 3.05) is 19.7 Å². The average molecular weight is 256 g/mol. The topological polar surface area (TPSA) is 64.3 Å². The summed E-state index contributed by atoms with van der Waals surface area (Å²) < 4.78 is 5.48. The third kappa shape index (κ3) is 5.83. The summed E-state index contributed by atoms with van der Waals surface area (Å²) in [7, 11) is 0. The molecule has 0 bridgehead atoms. The average Bonchev–Trinajstić information content (AvgIpc) is 2.31. The van der Waals surface area contributed by atoms with Gasteiger partial charge in [-0.25, -0.2) is 0 Å². The molecule has 1 unspecified atom stereocenters. The van der Waals surface area contributed by atoms with Gasteiger partial charge in [0, 0.05) is 19.6 Å². The van der Waals surface area contributed by atoms with Gasteiger partial charge in [0.25, 0.3) is 0 Å². The molecule has 1 rings (SSSR count). The summed E-state index contributed by atoms with van der Waals surface area (Å²) in [5.74, 6) is 1.28. The van der Waals surface area contributed by atoms with E-state index in [0.29, 0.717) is 24.4 Å². The van der Waals surface area contributed by atoms with E-state index in [-0.39, 0.29) is 5.91 Å². The van der Waals surface area contributed by atoms with E-state index in [2.05, 4.69) is 12.2 Å². The number of rotatable bonds is 9. The minimum absolute atomic E-state index is 0.190. The molecule has 1 fully saturated rings. The highest BCUT2D eigenvalue weighted by molar-refractivity contribution is 5.76. The zero-order valence-corrected chi connectivity index (χ0v) is 11.8. The fourth-order valence-electron chi connectivity index (χ4n) is 2.34. The van der Waals surface area contributed by atoms with Crippen LogP contribution >= 0.6 is 0 Å². The second-order valence-electron chi connectivity index (χ2n) is 5.45. The third-order valence-electron chi connectivity index (χ3n) is 3.67. The van der Waals surface area contributed by atoms with Gasteiger partial charge in [0.05, 0.1) is 6.10 Å². The van der Waals surface area contributed by atoms with Crippen molar-refractivity contribution < 1.29 is 9.53 Å². The maximum atomic E-state index is 11.6. The molecule has 0 aromatic heterocycles. The summed E-state index contributed by atoms with van der Waals surface area (Å²) in [5, 5.41) is 2.99. The van der Waals surface area contributed by atoms with E-state index in [1.165, 1.54) is 0 Å². The van der Waals surface area contributed by atoms with E-state index < -0.39 is 0 Å². The van der Waals surface area contributed by atoms with Crippen LogP contribution in [0.15, 0.2) is 0 Å². The van der Waals surface area contributed by atoms with Crippen molar-refractivity contribution in [1.82, 2.24) is 5.32 Å². The quantitative estimate of drug-likeness (QED) is 0.617. The lowest BCUT2D eigenvalue weighted by Gasteiger charge is -2.34. The Kier molecular flexibility index (Phi) is 7.28. The Morgan fingerprint density at radius 2 is 2.22 bits per heavy atom. The number of nitrogens with one attached hydrogen (secondary N) is 1. The van der Waals surface area contributed by atoms with Crippen LogP contribution in [0.5, 0.6) is 0 Å². The van der Waals surface area contributed by atoms with E-state index in [0.717, 1.165) is 45.4 Å². The molecule has 4 heteroatoms. The zero-order valence-electron chi connectivity index (χ0n) is 11.8. The van der Waals surface area contributed by atoms with Gasteiger partial charge in [0.15, 0.2) is 0 Å². The maximum Gasteiger partial charge on any atom is 0.220 e. The maximum absolute atomic E-state index is 11.6. The summed E-state index contributed by atoms with van der Waals surface area (Å²) in [6, 6.07) is 0. The van der Waals surface area contributed by atoms with Crippen LogP contribution in [0.25, 0.3) is 0 Å². The first-order chi connectivity index (χ1) is 8.65. The molecule has 1 aliphatic rings. The largest absolute Gasteiger partial charge is 0.378 e. The number of ether oxygens (including phenoxy) is 1. The summed E-state index contributed by atoms with van der Waals surface area (Å²) in [4.78, 5) is 11.6. The van der Waals surface area contributed by atoms with Crippen LogP contribution < -0.4 is 11.1 Å². The smallest absolute Gasteiger partial charge is 0.220 e. The van der Waals surface area contributed by atoms with Gasteiger partial charge in [0.1, 0.15) is 0 Å². The molecule has 0 saturated heterocycles. The summed E-state index contributed by atoms with van der Waals surface area (Å²) in [5.41, 5.74) is 5.54. The number of amides is 1. The highest BCUT2D eigenvalue weighted by Gasteiger charge is 2.30. The second-order valence-corrected chi connectivity index (χ2v) is 5.45. The van der Waals surface area contributed by atoms with Crippen molar-refractivity contribution >= 4 is 5.91 Å². The number of nitrogens with two attached hydrogens (primary N) is 1. The van der Waals surface area contributed by atoms with Crippen molar-refractivity contribution in [2.24, 2.45) is 17.6 Å². The molecule has 4 nitrogen and oxygen atoms in total. The first-order valence-corrected chi connectivity index (χ1v) is 7.24. The summed E-state index contributed by atoms with van der Waals surface area (Å²) in [6.07, 6.45) is 5.27. The van der Waals surface area contributed by atoms with Gasteiger partial charge in [-0.15, -0.1) is 0 Å². The second kappa shape index (κ2) is 8.48. The van der Waals surface area contributed by atoms with Gasteiger partial charge in [-0.05, 0) is 51.0 Å². The Morgan fingerprint density at radius 1 is 1.50 bits per heavy atom. The molecule has 1 atom stereocenters. The number of carbonyl (C=O) groups is 1.